The summed E-state index contributed by atoms with van der Waals surface area (Å²) in [4.78, 5) is 9.18. The Morgan fingerprint density at radius 2 is 1.88 bits per heavy atom. The van der Waals surface area contributed by atoms with Crippen LogP contribution in [0.1, 0.15) is 0 Å². The molecule has 0 fully saturated rings. The molecule has 0 aromatic heterocycles. The smallest absolute Gasteiger partial charge is 0.373 e. The standard InChI is InChI=1S/C11H11O4P/c1-16(13,14)15-11-9-5-3-2-4-8(9)6-7-10(11)12/h2-7,12H,1H3,(H,13,14). The lowest BCUT2D eigenvalue weighted by Gasteiger charge is -2.12. The van der Waals surface area contributed by atoms with E-state index in [0.717, 1.165) is 12.1 Å². The zero-order valence-corrected chi connectivity index (χ0v) is 9.52. The molecular weight excluding hydrogens is 227 g/mol. The highest BCUT2D eigenvalue weighted by atomic mass is 31.2. The third-order valence-electron chi connectivity index (χ3n) is 2.12. The van der Waals surface area contributed by atoms with Crippen LogP contribution < -0.4 is 4.52 Å². The Morgan fingerprint density at radius 1 is 1.19 bits per heavy atom. The number of rotatable bonds is 2. The predicted octanol–water partition coefficient (Wildman–Crippen LogP) is 2.74. The normalized spacial score (nSPS) is 14.6. The van der Waals surface area contributed by atoms with Gasteiger partial charge in [0.25, 0.3) is 0 Å². The first-order valence-corrected chi connectivity index (χ1v) is 6.70. The van der Waals surface area contributed by atoms with Crippen molar-refractivity contribution in [3.05, 3.63) is 36.4 Å². The minimum absolute atomic E-state index is 0.0476. The SMILES string of the molecule is CP(=O)(O)Oc1c(O)ccc2ccccc12. The van der Waals surface area contributed by atoms with Crippen LogP contribution in [0.4, 0.5) is 0 Å². The molecule has 84 valence electrons. The van der Waals surface area contributed by atoms with Crippen molar-refractivity contribution in [2.45, 2.75) is 0 Å². The van der Waals surface area contributed by atoms with Crippen molar-refractivity contribution in [1.82, 2.24) is 0 Å². The van der Waals surface area contributed by atoms with E-state index < -0.39 is 7.60 Å². The van der Waals surface area contributed by atoms with Crippen molar-refractivity contribution < 1.29 is 19.1 Å². The number of hydrogen-bond donors (Lipinski definition) is 2. The second-order valence-corrected chi connectivity index (χ2v) is 5.32. The van der Waals surface area contributed by atoms with Gasteiger partial charge in [0.15, 0.2) is 11.5 Å². The number of hydrogen-bond acceptors (Lipinski definition) is 3. The summed E-state index contributed by atoms with van der Waals surface area (Å²) in [5.74, 6) is -0.0961. The lowest BCUT2D eigenvalue weighted by atomic mass is 10.1. The van der Waals surface area contributed by atoms with E-state index in [1.807, 2.05) is 12.1 Å². The van der Waals surface area contributed by atoms with Crippen LogP contribution in [-0.4, -0.2) is 16.7 Å². The maximum absolute atomic E-state index is 11.2. The third kappa shape index (κ3) is 2.18. The van der Waals surface area contributed by atoms with Crippen LogP contribution in [0.5, 0.6) is 11.5 Å². The average molecular weight is 238 g/mol. The quantitative estimate of drug-likeness (QED) is 0.789. The first-order valence-electron chi connectivity index (χ1n) is 4.68. The molecule has 0 aliphatic carbocycles. The first-order chi connectivity index (χ1) is 7.47. The monoisotopic (exact) mass is 238 g/mol. The van der Waals surface area contributed by atoms with E-state index in [0.29, 0.717) is 5.39 Å². The summed E-state index contributed by atoms with van der Waals surface area (Å²) in [5, 5.41) is 11.1. The summed E-state index contributed by atoms with van der Waals surface area (Å²) < 4.78 is 16.1. The molecule has 2 aromatic rings. The molecule has 0 radical (unpaired) electrons. The van der Waals surface area contributed by atoms with E-state index in [2.05, 4.69) is 0 Å². The Hall–Kier alpha value is -1.51. The van der Waals surface area contributed by atoms with Crippen LogP contribution in [0.25, 0.3) is 10.8 Å². The summed E-state index contributed by atoms with van der Waals surface area (Å²) in [6.07, 6.45) is 0. The Morgan fingerprint density at radius 3 is 2.56 bits per heavy atom. The summed E-state index contributed by atoms with van der Waals surface area (Å²) in [7, 11) is -3.68. The van der Waals surface area contributed by atoms with Gasteiger partial charge in [0.1, 0.15) is 0 Å². The molecule has 0 bridgehead atoms. The molecule has 0 saturated carbocycles. The van der Waals surface area contributed by atoms with Crippen molar-refractivity contribution >= 4 is 18.4 Å². The number of phenols is 1. The van der Waals surface area contributed by atoms with Gasteiger partial charge in [0, 0.05) is 12.1 Å². The molecule has 0 spiro atoms. The fraction of sp³-hybridized carbons (Fsp3) is 0.0909. The molecule has 2 aromatic carbocycles. The van der Waals surface area contributed by atoms with E-state index in [4.69, 9.17) is 4.52 Å². The van der Waals surface area contributed by atoms with Crippen molar-refractivity contribution in [3.63, 3.8) is 0 Å². The summed E-state index contributed by atoms with van der Waals surface area (Å²) in [5.41, 5.74) is 0. The van der Waals surface area contributed by atoms with Crippen molar-refractivity contribution in [2.75, 3.05) is 6.66 Å². The number of fused-ring (bicyclic) bond motifs is 1. The Bertz CT molecular complexity index is 573. The van der Waals surface area contributed by atoms with Gasteiger partial charge in [-0.3, -0.25) is 0 Å². The van der Waals surface area contributed by atoms with E-state index in [9.17, 15) is 14.6 Å². The molecule has 0 amide bonds. The molecular formula is C11H11O4P. The van der Waals surface area contributed by atoms with Gasteiger partial charge >= 0.3 is 7.60 Å². The maximum atomic E-state index is 11.2. The van der Waals surface area contributed by atoms with Crippen molar-refractivity contribution in [2.24, 2.45) is 0 Å². The Labute approximate surface area is 92.6 Å². The first kappa shape index (κ1) is 11.0. The Kier molecular flexibility index (Phi) is 2.62. The minimum Gasteiger partial charge on any atom is -0.504 e. The lowest BCUT2D eigenvalue weighted by Crippen LogP contribution is -1.91. The summed E-state index contributed by atoms with van der Waals surface area (Å²) >= 11 is 0. The maximum Gasteiger partial charge on any atom is 0.373 e. The molecule has 5 heteroatoms. The number of aromatic hydroxyl groups is 1. The molecule has 0 heterocycles. The van der Waals surface area contributed by atoms with Crippen LogP contribution in [0.3, 0.4) is 0 Å². The van der Waals surface area contributed by atoms with Gasteiger partial charge in [-0.15, -0.1) is 0 Å². The minimum atomic E-state index is -3.68. The second kappa shape index (κ2) is 3.81. The molecule has 1 atom stereocenters. The highest BCUT2D eigenvalue weighted by Crippen LogP contribution is 2.45. The average Bonchev–Trinajstić information content (AvgIpc) is 2.21. The second-order valence-electron chi connectivity index (χ2n) is 3.53. The molecule has 0 aliphatic rings. The molecule has 2 N–H and O–H groups in total. The van der Waals surface area contributed by atoms with Gasteiger partial charge in [-0.1, -0.05) is 30.3 Å². The van der Waals surface area contributed by atoms with Crippen molar-refractivity contribution in [1.29, 1.82) is 0 Å². The fourth-order valence-electron chi connectivity index (χ4n) is 1.50. The van der Waals surface area contributed by atoms with Crippen LogP contribution in [0.2, 0.25) is 0 Å². The van der Waals surface area contributed by atoms with Crippen molar-refractivity contribution in [3.8, 4) is 11.5 Å². The molecule has 2 rings (SSSR count). The third-order valence-corrected chi connectivity index (χ3v) is 2.64. The predicted molar refractivity (Wildman–Crippen MR) is 62.0 cm³/mol. The molecule has 1 unspecified atom stereocenters. The van der Waals surface area contributed by atoms with E-state index in [1.165, 1.54) is 6.07 Å². The molecule has 4 nitrogen and oxygen atoms in total. The summed E-state index contributed by atoms with van der Waals surface area (Å²) in [6, 6.07) is 10.3. The van der Waals surface area contributed by atoms with Gasteiger partial charge in [-0.2, -0.15) is 0 Å². The van der Waals surface area contributed by atoms with E-state index in [-0.39, 0.29) is 11.5 Å². The van der Waals surface area contributed by atoms with E-state index in [1.54, 1.807) is 18.2 Å². The van der Waals surface area contributed by atoms with E-state index >= 15 is 0 Å². The highest BCUT2D eigenvalue weighted by molar-refractivity contribution is 7.52. The molecule has 0 saturated heterocycles. The topological polar surface area (TPSA) is 66.8 Å². The van der Waals surface area contributed by atoms with Gasteiger partial charge in [-0.25, -0.2) is 4.57 Å². The number of phenolic OH excluding ortho intramolecular Hbond substituents is 1. The van der Waals surface area contributed by atoms with Gasteiger partial charge in [0.05, 0.1) is 0 Å². The zero-order valence-electron chi connectivity index (χ0n) is 8.62. The van der Waals surface area contributed by atoms with Crippen LogP contribution in [0.15, 0.2) is 36.4 Å². The largest absolute Gasteiger partial charge is 0.504 e. The Balaban J connectivity index is 2.66. The molecule has 0 aliphatic heterocycles. The molecule has 16 heavy (non-hydrogen) atoms. The fourth-order valence-corrected chi connectivity index (χ4v) is 2.03. The van der Waals surface area contributed by atoms with Gasteiger partial charge in [-0.05, 0) is 11.5 Å². The highest BCUT2D eigenvalue weighted by Gasteiger charge is 2.17. The number of benzene rings is 2. The van der Waals surface area contributed by atoms with Crippen LogP contribution in [-0.2, 0) is 4.57 Å². The van der Waals surface area contributed by atoms with Crippen LogP contribution in [0, 0.1) is 0 Å². The lowest BCUT2D eigenvalue weighted by molar-refractivity contribution is 0.373. The van der Waals surface area contributed by atoms with Gasteiger partial charge in [0.2, 0.25) is 0 Å². The summed E-state index contributed by atoms with van der Waals surface area (Å²) in [6.45, 7) is 1.08. The zero-order chi connectivity index (χ0) is 11.8. The van der Waals surface area contributed by atoms with Gasteiger partial charge < -0.3 is 14.5 Å². The van der Waals surface area contributed by atoms with Crippen LogP contribution >= 0.6 is 7.60 Å².